The van der Waals surface area contributed by atoms with Gasteiger partial charge in [-0.15, -0.1) is 11.3 Å². The van der Waals surface area contributed by atoms with Crippen LogP contribution in [0.1, 0.15) is 15.4 Å². The summed E-state index contributed by atoms with van der Waals surface area (Å²) in [6.45, 7) is 2.55. The van der Waals surface area contributed by atoms with Crippen molar-refractivity contribution in [3.05, 3.63) is 51.2 Å². The number of halogens is 3. The SMILES string of the molecule is Cc1ncc(CNCc2cc(F)c(F)cc2F)s1. The van der Waals surface area contributed by atoms with Crippen molar-refractivity contribution >= 4 is 11.3 Å². The zero-order chi connectivity index (χ0) is 13.1. The fourth-order valence-corrected chi connectivity index (χ4v) is 2.27. The van der Waals surface area contributed by atoms with Crippen LogP contribution in [0, 0.1) is 24.4 Å². The molecule has 1 heterocycles. The first-order chi connectivity index (χ1) is 8.56. The van der Waals surface area contributed by atoms with E-state index < -0.39 is 17.5 Å². The second-order valence-electron chi connectivity index (χ2n) is 3.81. The molecule has 96 valence electrons. The Morgan fingerprint density at radius 1 is 1.11 bits per heavy atom. The highest BCUT2D eigenvalue weighted by Crippen LogP contribution is 2.14. The third-order valence-corrected chi connectivity index (χ3v) is 3.29. The average molecular weight is 272 g/mol. The van der Waals surface area contributed by atoms with Gasteiger partial charge in [0, 0.05) is 35.8 Å². The Morgan fingerprint density at radius 3 is 2.50 bits per heavy atom. The standard InChI is InChI=1S/C12H11F3N2S/c1-7-17-6-9(18-7)5-16-4-8-2-11(14)12(15)3-10(8)13/h2-3,6,16H,4-5H2,1H3. The summed E-state index contributed by atoms with van der Waals surface area (Å²) in [6, 6.07) is 1.43. The maximum atomic E-state index is 13.3. The molecule has 0 fully saturated rings. The monoisotopic (exact) mass is 272 g/mol. The highest BCUT2D eigenvalue weighted by Gasteiger charge is 2.09. The Kier molecular flexibility index (Phi) is 3.98. The summed E-state index contributed by atoms with van der Waals surface area (Å²) in [5.41, 5.74) is 0.107. The van der Waals surface area contributed by atoms with Crippen LogP contribution in [0.15, 0.2) is 18.3 Å². The van der Waals surface area contributed by atoms with Gasteiger partial charge in [-0.1, -0.05) is 0 Å². The fraction of sp³-hybridized carbons (Fsp3) is 0.250. The number of hydrogen-bond acceptors (Lipinski definition) is 3. The first-order valence-corrected chi connectivity index (χ1v) is 6.13. The van der Waals surface area contributed by atoms with Crippen molar-refractivity contribution in [1.82, 2.24) is 10.3 Å². The minimum absolute atomic E-state index is 0.107. The predicted molar refractivity (Wildman–Crippen MR) is 63.7 cm³/mol. The molecule has 1 aromatic heterocycles. The Balaban J connectivity index is 1.96. The molecule has 0 amide bonds. The largest absolute Gasteiger partial charge is 0.308 e. The van der Waals surface area contributed by atoms with Crippen LogP contribution in [0.2, 0.25) is 0 Å². The minimum Gasteiger partial charge on any atom is -0.308 e. The molecule has 0 spiro atoms. The predicted octanol–water partition coefficient (Wildman–Crippen LogP) is 3.16. The van der Waals surface area contributed by atoms with Crippen LogP contribution < -0.4 is 5.32 Å². The number of aromatic nitrogens is 1. The third kappa shape index (κ3) is 3.08. The van der Waals surface area contributed by atoms with Crippen molar-refractivity contribution in [3.8, 4) is 0 Å². The average Bonchev–Trinajstić information content (AvgIpc) is 2.71. The lowest BCUT2D eigenvalue weighted by Gasteiger charge is -2.05. The van der Waals surface area contributed by atoms with E-state index in [1.807, 2.05) is 6.92 Å². The summed E-state index contributed by atoms with van der Waals surface area (Å²) in [7, 11) is 0. The van der Waals surface area contributed by atoms with Crippen LogP contribution in [0.25, 0.3) is 0 Å². The van der Waals surface area contributed by atoms with Crippen LogP contribution in [-0.4, -0.2) is 4.98 Å². The van der Waals surface area contributed by atoms with Gasteiger partial charge in [-0.25, -0.2) is 18.2 Å². The van der Waals surface area contributed by atoms with E-state index >= 15 is 0 Å². The molecule has 0 saturated carbocycles. The lowest BCUT2D eigenvalue weighted by molar-refractivity contribution is 0.487. The first kappa shape index (κ1) is 13.0. The van der Waals surface area contributed by atoms with Gasteiger partial charge in [-0.05, 0) is 13.0 Å². The molecule has 0 radical (unpaired) electrons. The van der Waals surface area contributed by atoms with Crippen LogP contribution in [0.5, 0.6) is 0 Å². The molecule has 2 aromatic rings. The summed E-state index contributed by atoms with van der Waals surface area (Å²) in [6.07, 6.45) is 1.73. The highest BCUT2D eigenvalue weighted by atomic mass is 32.1. The van der Waals surface area contributed by atoms with Gasteiger partial charge in [0.25, 0.3) is 0 Å². The summed E-state index contributed by atoms with van der Waals surface area (Å²) in [4.78, 5) is 5.09. The van der Waals surface area contributed by atoms with Gasteiger partial charge in [-0.2, -0.15) is 0 Å². The van der Waals surface area contributed by atoms with E-state index in [1.165, 1.54) is 11.3 Å². The van der Waals surface area contributed by atoms with E-state index in [0.717, 1.165) is 16.0 Å². The maximum absolute atomic E-state index is 13.3. The number of benzene rings is 1. The van der Waals surface area contributed by atoms with E-state index in [0.29, 0.717) is 12.6 Å². The van der Waals surface area contributed by atoms with E-state index in [4.69, 9.17) is 0 Å². The topological polar surface area (TPSA) is 24.9 Å². The number of hydrogen-bond donors (Lipinski definition) is 1. The highest BCUT2D eigenvalue weighted by molar-refractivity contribution is 7.11. The van der Waals surface area contributed by atoms with E-state index in [9.17, 15) is 13.2 Å². The van der Waals surface area contributed by atoms with E-state index in [1.54, 1.807) is 6.20 Å². The van der Waals surface area contributed by atoms with Gasteiger partial charge in [0.1, 0.15) is 5.82 Å². The summed E-state index contributed by atoms with van der Waals surface area (Å²) in [5, 5.41) is 3.91. The normalized spacial score (nSPS) is 10.9. The second-order valence-corrected chi connectivity index (χ2v) is 5.13. The van der Waals surface area contributed by atoms with Crippen LogP contribution >= 0.6 is 11.3 Å². The Bertz CT molecular complexity index is 554. The molecule has 0 bridgehead atoms. The van der Waals surface area contributed by atoms with Gasteiger partial charge < -0.3 is 5.32 Å². The Morgan fingerprint density at radius 2 is 1.83 bits per heavy atom. The molecule has 6 heteroatoms. The zero-order valence-electron chi connectivity index (χ0n) is 9.64. The zero-order valence-corrected chi connectivity index (χ0v) is 10.5. The van der Waals surface area contributed by atoms with Crippen LogP contribution in [0.3, 0.4) is 0 Å². The summed E-state index contributed by atoms with van der Waals surface area (Å²) >= 11 is 1.53. The molecule has 1 N–H and O–H groups in total. The molecular weight excluding hydrogens is 261 g/mol. The molecule has 1 aromatic carbocycles. The van der Waals surface area contributed by atoms with Gasteiger partial charge in [0.2, 0.25) is 0 Å². The van der Waals surface area contributed by atoms with E-state index in [2.05, 4.69) is 10.3 Å². The lowest BCUT2D eigenvalue weighted by atomic mass is 10.2. The van der Waals surface area contributed by atoms with Crippen LogP contribution in [0.4, 0.5) is 13.2 Å². The molecule has 0 atom stereocenters. The minimum atomic E-state index is -1.17. The van der Waals surface area contributed by atoms with Crippen molar-refractivity contribution in [3.63, 3.8) is 0 Å². The van der Waals surface area contributed by atoms with Crippen molar-refractivity contribution in [2.75, 3.05) is 0 Å². The van der Waals surface area contributed by atoms with Crippen LogP contribution in [-0.2, 0) is 13.1 Å². The lowest BCUT2D eigenvalue weighted by Crippen LogP contribution is -2.13. The maximum Gasteiger partial charge on any atom is 0.161 e. The van der Waals surface area contributed by atoms with Gasteiger partial charge in [0.05, 0.1) is 5.01 Å². The van der Waals surface area contributed by atoms with Gasteiger partial charge in [-0.3, -0.25) is 0 Å². The Hall–Kier alpha value is -1.40. The smallest absolute Gasteiger partial charge is 0.161 e. The van der Waals surface area contributed by atoms with Crippen molar-refractivity contribution in [1.29, 1.82) is 0 Å². The molecule has 0 aliphatic rings. The Labute approximate surface area is 106 Å². The quantitative estimate of drug-likeness (QED) is 0.865. The van der Waals surface area contributed by atoms with Crippen molar-refractivity contribution in [2.45, 2.75) is 20.0 Å². The molecule has 0 saturated heterocycles. The van der Waals surface area contributed by atoms with Crippen molar-refractivity contribution < 1.29 is 13.2 Å². The van der Waals surface area contributed by atoms with Gasteiger partial charge >= 0.3 is 0 Å². The molecule has 0 aliphatic carbocycles. The van der Waals surface area contributed by atoms with Gasteiger partial charge in [0.15, 0.2) is 11.6 Å². The molecule has 0 unspecified atom stereocenters. The summed E-state index contributed by atoms with van der Waals surface area (Å²) in [5.74, 6) is -2.96. The fourth-order valence-electron chi connectivity index (χ4n) is 1.51. The number of nitrogens with zero attached hydrogens (tertiary/aromatic N) is 1. The number of rotatable bonds is 4. The van der Waals surface area contributed by atoms with E-state index in [-0.39, 0.29) is 12.1 Å². The number of thiazole rings is 1. The number of aryl methyl sites for hydroxylation is 1. The molecule has 18 heavy (non-hydrogen) atoms. The molecule has 2 rings (SSSR count). The molecular formula is C12H11F3N2S. The third-order valence-electron chi connectivity index (χ3n) is 2.37. The van der Waals surface area contributed by atoms with Crippen molar-refractivity contribution in [2.24, 2.45) is 0 Å². The first-order valence-electron chi connectivity index (χ1n) is 5.31. The molecule has 0 aliphatic heterocycles. The number of nitrogens with one attached hydrogen (secondary N) is 1. The second kappa shape index (κ2) is 5.49. The summed E-state index contributed by atoms with van der Waals surface area (Å²) < 4.78 is 38.9. The molecule has 2 nitrogen and oxygen atoms in total.